The van der Waals surface area contributed by atoms with Crippen LogP contribution in [0.2, 0.25) is 0 Å². The van der Waals surface area contributed by atoms with E-state index in [2.05, 4.69) is 31.2 Å². The predicted molar refractivity (Wildman–Crippen MR) is 111 cm³/mol. The zero-order chi connectivity index (χ0) is 18.6. The van der Waals surface area contributed by atoms with Crippen LogP contribution in [-0.4, -0.2) is 28.0 Å². The minimum atomic E-state index is 0.0215. The van der Waals surface area contributed by atoms with Crippen LogP contribution in [0.4, 0.5) is 0 Å². The molecular weight excluding hydrogens is 356 g/mol. The molecule has 3 aromatic rings. The molecule has 0 spiro atoms. The smallest absolute Gasteiger partial charge is 0.262 e. The lowest BCUT2D eigenvalue weighted by Gasteiger charge is -2.22. The molecule has 1 aliphatic heterocycles. The Bertz CT molecular complexity index is 976. The standard InChI is InChI=1S/C22H24N2O2S/c1-16-9-11-17(12-10-16)14-24-21(25)19-7-2-3-8-20(19)23-22(24)27-15-18-6-4-5-13-26-18/h2-3,7-12,18H,4-6,13-15H2,1H3. The first-order valence-corrected chi connectivity index (χ1v) is 10.5. The summed E-state index contributed by atoms with van der Waals surface area (Å²) < 4.78 is 7.66. The molecule has 2 heterocycles. The normalized spacial score (nSPS) is 17.3. The number of thioether (sulfide) groups is 1. The van der Waals surface area contributed by atoms with Gasteiger partial charge in [0.15, 0.2) is 5.16 Å². The van der Waals surface area contributed by atoms with E-state index in [1.165, 1.54) is 12.0 Å². The number of hydrogen-bond acceptors (Lipinski definition) is 4. The van der Waals surface area contributed by atoms with Crippen LogP contribution in [0.3, 0.4) is 0 Å². The summed E-state index contributed by atoms with van der Waals surface area (Å²) in [5.74, 6) is 0.832. The molecule has 27 heavy (non-hydrogen) atoms. The number of benzene rings is 2. The van der Waals surface area contributed by atoms with Crippen molar-refractivity contribution in [3.8, 4) is 0 Å². The van der Waals surface area contributed by atoms with Gasteiger partial charge in [-0.25, -0.2) is 4.98 Å². The van der Waals surface area contributed by atoms with Gasteiger partial charge in [0.25, 0.3) is 5.56 Å². The van der Waals surface area contributed by atoms with Crippen LogP contribution in [0.25, 0.3) is 10.9 Å². The lowest BCUT2D eigenvalue weighted by Crippen LogP contribution is -2.26. The molecule has 1 aromatic heterocycles. The van der Waals surface area contributed by atoms with Crippen LogP contribution in [0.15, 0.2) is 58.5 Å². The van der Waals surface area contributed by atoms with Gasteiger partial charge in [-0.15, -0.1) is 0 Å². The van der Waals surface area contributed by atoms with Gasteiger partial charge in [-0.05, 0) is 43.9 Å². The third-order valence-corrected chi connectivity index (χ3v) is 6.07. The van der Waals surface area contributed by atoms with Gasteiger partial charge in [0.2, 0.25) is 0 Å². The van der Waals surface area contributed by atoms with Crippen LogP contribution in [0, 0.1) is 6.92 Å². The minimum absolute atomic E-state index is 0.0215. The SMILES string of the molecule is Cc1ccc(Cn2c(SCC3CCCCO3)nc3ccccc3c2=O)cc1. The summed E-state index contributed by atoms with van der Waals surface area (Å²) in [7, 11) is 0. The molecule has 1 aliphatic rings. The molecule has 0 saturated carbocycles. The molecule has 2 aromatic carbocycles. The maximum Gasteiger partial charge on any atom is 0.262 e. The highest BCUT2D eigenvalue weighted by Gasteiger charge is 2.17. The van der Waals surface area contributed by atoms with Crippen LogP contribution >= 0.6 is 11.8 Å². The Morgan fingerprint density at radius 2 is 1.96 bits per heavy atom. The summed E-state index contributed by atoms with van der Waals surface area (Å²) in [6.07, 6.45) is 3.70. The van der Waals surface area contributed by atoms with Gasteiger partial charge in [-0.3, -0.25) is 9.36 Å². The Kier molecular flexibility index (Phi) is 5.60. The average molecular weight is 381 g/mol. The lowest BCUT2D eigenvalue weighted by atomic mass is 10.1. The fourth-order valence-corrected chi connectivity index (χ4v) is 4.44. The number of nitrogens with zero attached hydrogens (tertiary/aromatic N) is 2. The van der Waals surface area contributed by atoms with Gasteiger partial charge < -0.3 is 4.74 Å². The monoisotopic (exact) mass is 380 g/mol. The van der Waals surface area contributed by atoms with E-state index in [-0.39, 0.29) is 11.7 Å². The summed E-state index contributed by atoms with van der Waals surface area (Å²) in [5, 5.41) is 1.44. The first kappa shape index (κ1) is 18.3. The Morgan fingerprint density at radius 3 is 2.74 bits per heavy atom. The molecule has 5 heteroatoms. The molecule has 0 radical (unpaired) electrons. The summed E-state index contributed by atoms with van der Waals surface area (Å²) in [6.45, 7) is 3.44. The number of fused-ring (bicyclic) bond motifs is 1. The number of aryl methyl sites for hydroxylation is 1. The minimum Gasteiger partial charge on any atom is -0.377 e. The molecule has 0 bridgehead atoms. The van der Waals surface area contributed by atoms with E-state index in [0.29, 0.717) is 11.9 Å². The third kappa shape index (κ3) is 4.25. The fourth-order valence-electron chi connectivity index (χ4n) is 3.38. The molecule has 0 N–H and O–H groups in total. The van der Waals surface area contributed by atoms with Crippen LogP contribution < -0.4 is 5.56 Å². The second-order valence-corrected chi connectivity index (χ2v) is 8.08. The second-order valence-electron chi connectivity index (χ2n) is 7.09. The van der Waals surface area contributed by atoms with Gasteiger partial charge in [0.05, 0.1) is 23.6 Å². The highest BCUT2D eigenvalue weighted by atomic mass is 32.2. The molecule has 0 aliphatic carbocycles. The average Bonchev–Trinajstić information content (AvgIpc) is 2.71. The summed E-state index contributed by atoms with van der Waals surface area (Å²) in [5.41, 5.74) is 3.10. The van der Waals surface area contributed by atoms with Crippen molar-refractivity contribution in [2.24, 2.45) is 0 Å². The third-order valence-electron chi connectivity index (χ3n) is 4.96. The largest absolute Gasteiger partial charge is 0.377 e. The van der Waals surface area contributed by atoms with E-state index in [4.69, 9.17) is 9.72 Å². The number of rotatable bonds is 5. The number of para-hydroxylation sites is 1. The van der Waals surface area contributed by atoms with Crippen molar-refractivity contribution in [2.75, 3.05) is 12.4 Å². The molecule has 4 rings (SSSR count). The lowest BCUT2D eigenvalue weighted by molar-refractivity contribution is 0.0315. The molecule has 1 unspecified atom stereocenters. The molecule has 1 saturated heterocycles. The number of aromatic nitrogens is 2. The molecule has 1 fully saturated rings. The van der Waals surface area contributed by atoms with Crippen molar-refractivity contribution >= 4 is 22.7 Å². The Morgan fingerprint density at radius 1 is 1.15 bits per heavy atom. The Balaban J connectivity index is 1.68. The first-order chi connectivity index (χ1) is 13.2. The van der Waals surface area contributed by atoms with Gasteiger partial charge in [0, 0.05) is 12.4 Å². The van der Waals surface area contributed by atoms with E-state index < -0.39 is 0 Å². The summed E-state index contributed by atoms with van der Waals surface area (Å²) in [4.78, 5) is 18.0. The van der Waals surface area contributed by atoms with E-state index in [1.54, 1.807) is 16.3 Å². The quantitative estimate of drug-likeness (QED) is 0.486. The number of ether oxygens (including phenoxy) is 1. The van der Waals surface area contributed by atoms with E-state index in [0.717, 1.165) is 41.4 Å². The molecule has 0 amide bonds. The molecule has 4 nitrogen and oxygen atoms in total. The van der Waals surface area contributed by atoms with Crippen molar-refractivity contribution in [1.82, 2.24) is 9.55 Å². The number of hydrogen-bond donors (Lipinski definition) is 0. The summed E-state index contributed by atoms with van der Waals surface area (Å²) >= 11 is 1.63. The van der Waals surface area contributed by atoms with E-state index >= 15 is 0 Å². The maximum atomic E-state index is 13.2. The molecule has 140 valence electrons. The van der Waals surface area contributed by atoms with E-state index in [1.807, 2.05) is 24.3 Å². The highest BCUT2D eigenvalue weighted by Crippen LogP contribution is 2.24. The first-order valence-electron chi connectivity index (χ1n) is 9.50. The zero-order valence-corrected chi connectivity index (χ0v) is 16.4. The van der Waals surface area contributed by atoms with Gasteiger partial charge in [-0.2, -0.15) is 0 Å². The topological polar surface area (TPSA) is 44.1 Å². The van der Waals surface area contributed by atoms with Gasteiger partial charge in [0.1, 0.15) is 0 Å². The Labute approximate surface area is 163 Å². The second kappa shape index (κ2) is 8.28. The van der Waals surface area contributed by atoms with Crippen molar-refractivity contribution in [1.29, 1.82) is 0 Å². The fraction of sp³-hybridized carbons (Fsp3) is 0.364. The van der Waals surface area contributed by atoms with Crippen molar-refractivity contribution in [2.45, 2.75) is 44.0 Å². The van der Waals surface area contributed by atoms with Gasteiger partial charge in [-0.1, -0.05) is 53.7 Å². The Hall–Kier alpha value is -2.11. The van der Waals surface area contributed by atoms with Crippen LogP contribution in [0.5, 0.6) is 0 Å². The molecular formula is C22H24N2O2S. The van der Waals surface area contributed by atoms with Crippen LogP contribution in [0.1, 0.15) is 30.4 Å². The van der Waals surface area contributed by atoms with E-state index in [9.17, 15) is 4.79 Å². The highest BCUT2D eigenvalue weighted by molar-refractivity contribution is 7.99. The van der Waals surface area contributed by atoms with Crippen LogP contribution in [-0.2, 0) is 11.3 Å². The predicted octanol–water partition coefficient (Wildman–Crippen LogP) is 4.41. The summed E-state index contributed by atoms with van der Waals surface area (Å²) in [6, 6.07) is 15.9. The molecule has 1 atom stereocenters. The maximum absolute atomic E-state index is 13.2. The van der Waals surface area contributed by atoms with Gasteiger partial charge >= 0.3 is 0 Å². The van der Waals surface area contributed by atoms with Crippen molar-refractivity contribution in [3.05, 3.63) is 70.0 Å². The van der Waals surface area contributed by atoms with Crippen molar-refractivity contribution < 1.29 is 4.74 Å². The zero-order valence-electron chi connectivity index (χ0n) is 15.6. The van der Waals surface area contributed by atoms with Crippen molar-refractivity contribution in [3.63, 3.8) is 0 Å².